The first-order chi connectivity index (χ1) is 16.6. The Balaban J connectivity index is 1.47. The number of carbonyl (C=O) groups is 2. The highest BCUT2D eigenvalue weighted by Crippen LogP contribution is 2.44. The standard InChI is InChI=1S/C27H27N3O4/c1-33-19-13-11-18(12-14-19)16-28-25(32)17-30-22-8-3-2-6-20(22)29-21-7-4-9-23(31)26(21)27(30)24-10-5-15-34-24/h2-3,5-6,8,10-15,27,29H,4,7,9,16-17H2,1H3,(H,28,32)/t27-/m0/s1. The van der Waals surface area contributed by atoms with Gasteiger partial charge < -0.3 is 24.7 Å². The Bertz CT molecular complexity index is 1210. The van der Waals surface area contributed by atoms with E-state index in [1.54, 1.807) is 13.4 Å². The molecule has 5 rings (SSSR count). The Hall–Kier alpha value is -4.00. The molecule has 7 heteroatoms. The van der Waals surface area contributed by atoms with Crippen LogP contribution in [0.15, 0.2) is 82.6 Å². The number of amides is 1. The van der Waals surface area contributed by atoms with Crippen LogP contribution in [0, 0.1) is 0 Å². The van der Waals surface area contributed by atoms with Crippen molar-refractivity contribution in [3.63, 3.8) is 0 Å². The number of hydrogen-bond acceptors (Lipinski definition) is 6. The molecule has 1 atom stereocenters. The van der Waals surface area contributed by atoms with Crippen molar-refractivity contribution in [2.45, 2.75) is 31.8 Å². The SMILES string of the molecule is COc1ccc(CNC(=O)CN2c3ccccc3NC3=C(C(=O)CCC3)[C@@H]2c2ccco2)cc1. The molecular weight excluding hydrogens is 430 g/mol. The molecule has 1 aliphatic carbocycles. The molecule has 0 fully saturated rings. The predicted octanol–water partition coefficient (Wildman–Crippen LogP) is 4.58. The van der Waals surface area contributed by atoms with E-state index in [4.69, 9.17) is 9.15 Å². The third-order valence-corrected chi connectivity index (χ3v) is 6.32. The van der Waals surface area contributed by atoms with Crippen LogP contribution >= 0.6 is 0 Å². The lowest BCUT2D eigenvalue weighted by atomic mass is 9.88. The molecule has 2 heterocycles. The predicted molar refractivity (Wildman–Crippen MR) is 130 cm³/mol. The number of ketones is 1. The Labute approximate surface area is 198 Å². The molecule has 0 spiro atoms. The zero-order valence-corrected chi connectivity index (χ0v) is 19.0. The highest BCUT2D eigenvalue weighted by molar-refractivity contribution is 6.01. The van der Waals surface area contributed by atoms with Gasteiger partial charge in [0.15, 0.2) is 5.78 Å². The molecule has 0 saturated heterocycles. The lowest BCUT2D eigenvalue weighted by Gasteiger charge is -2.33. The van der Waals surface area contributed by atoms with Gasteiger partial charge in [0, 0.05) is 24.2 Å². The van der Waals surface area contributed by atoms with E-state index in [9.17, 15) is 9.59 Å². The number of fused-ring (bicyclic) bond motifs is 1. The summed E-state index contributed by atoms with van der Waals surface area (Å²) in [7, 11) is 1.62. The third kappa shape index (κ3) is 4.29. The summed E-state index contributed by atoms with van der Waals surface area (Å²) >= 11 is 0. The number of nitrogens with one attached hydrogen (secondary N) is 2. The van der Waals surface area contributed by atoms with Crippen molar-refractivity contribution in [3.8, 4) is 5.75 Å². The zero-order valence-electron chi connectivity index (χ0n) is 19.0. The van der Waals surface area contributed by atoms with Crippen molar-refractivity contribution in [2.24, 2.45) is 0 Å². The van der Waals surface area contributed by atoms with Crippen LogP contribution < -0.4 is 20.3 Å². The molecule has 7 nitrogen and oxygen atoms in total. The van der Waals surface area contributed by atoms with E-state index < -0.39 is 6.04 Å². The maximum atomic E-state index is 13.2. The van der Waals surface area contributed by atoms with Crippen molar-refractivity contribution < 1.29 is 18.7 Å². The summed E-state index contributed by atoms with van der Waals surface area (Å²) in [5, 5.41) is 6.50. The fourth-order valence-corrected chi connectivity index (χ4v) is 4.67. The highest BCUT2D eigenvalue weighted by Gasteiger charge is 2.38. The van der Waals surface area contributed by atoms with E-state index in [0.717, 1.165) is 41.2 Å². The van der Waals surface area contributed by atoms with Crippen LogP contribution in [-0.2, 0) is 16.1 Å². The lowest BCUT2D eigenvalue weighted by molar-refractivity contribution is -0.120. The highest BCUT2D eigenvalue weighted by atomic mass is 16.5. The van der Waals surface area contributed by atoms with Gasteiger partial charge in [-0.25, -0.2) is 0 Å². The average molecular weight is 458 g/mol. The molecule has 0 saturated carbocycles. The smallest absolute Gasteiger partial charge is 0.239 e. The van der Waals surface area contributed by atoms with Crippen molar-refractivity contribution in [3.05, 3.63) is 89.5 Å². The van der Waals surface area contributed by atoms with Gasteiger partial charge in [0.1, 0.15) is 17.6 Å². The summed E-state index contributed by atoms with van der Waals surface area (Å²) in [6.45, 7) is 0.471. The second-order valence-corrected chi connectivity index (χ2v) is 8.48. The summed E-state index contributed by atoms with van der Waals surface area (Å²) in [5.74, 6) is 1.36. The van der Waals surface area contributed by atoms with Crippen LogP contribution in [0.25, 0.3) is 0 Å². The molecule has 1 aromatic heterocycles. The van der Waals surface area contributed by atoms with E-state index in [2.05, 4.69) is 10.6 Å². The first kappa shape index (κ1) is 21.8. The number of rotatable bonds is 6. The number of Topliss-reactive ketones (excluding diaryl/α,β-unsaturated/α-hetero) is 1. The second kappa shape index (κ2) is 9.47. The summed E-state index contributed by atoms with van der Waals surface area (Å²) in [6.07, 6.45) is 3.69. The van der Waals surface area contributed by atoms with Crippen molar-refractivity contribution in [1.82, 2.24) is 5.32 Å². The molecular formula is C27H27N3O4. The molecule has 34 heavy (non-hydrogen) atoms. The van der Waals surface area contributed by atoms with E-state index in [1.807, 2.05) is 65.6 Å². The van der Waals surface area contributed by atoms with Gasteiger partial charge >= 0.3 is 0 Å². The third-order valence-electron chi connectivity index (χ3n) is 6.32. The monoisotopic (exact) mass is 457 g/mol. The van der Waals surface area contributed by atoms with Crippen LogP contribution in [0.3, 0.4) is 0 Å². The number of allylic oxidation sites excluding steroid dienone is 1. The van der Waals surface area contributed by atoms with E-state index >= 15 is 0 Å². The first-order valence-electron chi connectivity index (χ1n) is 11.5. The fourth-order valence-electron chi connectivity index (χ4n) is 4.67. The average Bonchev–Trinajstić information content (AvgIpc) is 3.35. The maximum absolute atomic E-state index is 13.2. The largest absolute Gasteiger partial charge is 0.497 e. The van der Waals surface area contributed by atoms with Gasteiger partial charge in [0.05, 0.1) is 31.3 Å². The van der Waals surface area contributed by atoms with Crippen LogP contribution in [0.4, 0.5) is 11.4 Å². The normalized spacial score (nSPS) is 17.4. The molecule has 2 N–H and O–H groups in total. The number of hydrogen-bond donors (Lipinski definition) is 2. The number of methoxy groups -OCH3 is 1. The maximum Gasteiger partial charge on any atom is 0.239 e. The topological polar surface area (TPSA) is 83.8 Å². The number of furan rings is 1. The molecule has 174 valence electrons. The molecule has 0 radical (unpaired) electrons. The molecule has 2 aliphatic rings. The Morgan fingerprint density at radius 1 is 1.12 bits per heavy atom. The summed E-state index contributed by atoms with van der Waals surface area (Å²) in [6, 6.07) is 18.6. The minimum absolute atomic E-state index is 0.0737. The van der Waals surface area contributed by atoms with Crippen LogP contribution in [0.1, 0.15) is 36.6 Å². The van der Waals surface area contributed by atoms with E-state index in [0.29, 0.717) is 24.3 Å². The van der Waals surface area contributed by atoms with Gasteiger partial charge in [-0.1, -0.05) is 24.3 Å². The van der Waals surface area contributed by atoms with Crippen LogP contribution in [0.5, 0.6) is 5.75 Å². The van der Waals surface area contributed by atoms with Gasteiger partial charge in [-0.05, 0) is 54.8 Å². The van der Waals surface area contributed by atoms with Gasteiger partial charge in [-0.3, -0.25) is 9.59 Å². The summed E-state index contributed by atoms with van der Waals surface area (Å²) in [5.41, 5.74) is 4.29. The lowest BCUT2D eigenvalue weighted by Crippen LogP contribution is -2.41. The number of carbonyl (C=O) groups excluding carboxylic acids is 2. The minimum Gasteiger partial charge on any atom is -0.497 e. The van der Waals surface area contributed by atoms with Crippen LogP contribution in [-0.4, -0.2) is 25.3 Å². The molecule has 3 aromatic rings. The summed E-state index contributed by atoms with van der Waals surface area (Å²) in [4.78, 5) is 28.3. The molecule has 1 amide bonds. The number of nitrogens with zero attached hydrogens (tertiary/aromatic N) is 1. The van der Waals surface area contributed by atoms with Crippen molar-refractivity contribution in [1.29, 1.82) is 0 Å². The Kier molecular flexibility index (Phi) is 6.08. The molecule has 0 unspecified atom stereocenters. The first-order valence-corrected chi connectivity index (χ1v) is 11.5. The molecule has 2 aromatic carbocycles. The van der Waals surface area contributed by atoms with Crippen molar-refractivity contribution in [2.75, 3.05) is 23.9 Å². The van der Waals surface area contributed by atoms with Crippen LogP contribution in [0.2, 0.25) is 0 Å². The molecule has 1 aliphatic heterocycles. The number of benzene rings is 2. The Morgan fingerprint density at radius 2 is 1.94 bits per heavy atom. The zero-order chi connectivity index (χ0) is 23.5. The fraction of sp³-hybridized carbons (Fsp3) is 0.259. The van der Waals surface area contributed by atoms with E-state index in [1.165, 1.54) is 0 Å². The van der Waals surface area contributed by atoms with Crippen molar-refractivity contribution >= 4 is 23.1 Å². The Morgan fingerprint density at radius 3 is 2.71 bits per heavy atom. The molecule has 0 bridgehead atoms. The van der Waals surface area contributed by atoms with Gasteiger partial charge in [-0.15, -0.1) is 0 Å². The summed E-state index contributed by atoms with van der Waals surface area (Å²) < 4.78 is 11.0. The van der Waals surface area contributed by atoms with Gasteiger partial charge in [0.25, 0.3) is 0 Å². The van der Waals surface area contributed by atoms with E-state index in [-0.39, 0.29) is 18.2 Å². The minimum atomic E-state index is -0.485. The number of anilines is 2. The van der Waals surface area contributed by atoms with Gasteiger partial charge in [-0.2, -0.15) is 0 Å². The number of para-hydroxylation sites is 2. The second-order valence-electron chi connectivity index (χ2n) is 8.48. The van der Waals surface area contributed by atoms with Gasteiger partial charge in [0.2, 0.25) is 5.91 Å². The quantitative estimate of drug-likeness (QED) is 0.564. The number of ether oxygens (including phenoxy) is 1.